The maximum absolute atomic E-state index is 12.5. The SMILES string of the molecule is COc1c(C(=O)C2CCCCS2)ccc(C)c1C. The van der Waals surface area contributed by atoms with Crippen LogP contribution in [0.15, 0.2) is 12.1 Å². The number of carbonyl (C=O) groups excluding carboxylic acids is 1. The van der Waals surface area contributed by atoms with Crippen LogP contribution >= 0.6 is 11.8 Å². The summed E-state index contributed by atoms with van der Waals surface area (Å²) in [4.78, 5) is 12.5. The summed E-state index contributed by atoms with van der Waals surface area (Å²) in [6, 6.07) is 3.93. The van der Waals surface area contributed by atoms with E-state index in [-0.39, 0.29) is 11.0 Å². The van der Waals surface area contributed by atoms with Crippen LogP contribution in [0.3, 0.4) is 0 Å². The van der Waals surface area contributed by atoms with Crippen LogP contribution in [-0.4, -0.2) is 23.9 Å². The zero-order valence-electron chi connectivity index (χ0n) is 11.3. The Kier molecular flexibility index (Phi) is 4.33. The van der Waals surface area contributed by atoms with Crippen molar-refractivity contribution in [2.75, 3.05) is 12.9 Å². The molecule has 2 rings (SSSR count). The molecule has 1 fully saturated rings. The molecule has 0 aromatic heterocycles. The van der Waals surface area contributed by atoms with Crippen molar-refractivity contribution in [3.8, 4) is 5.75 Å². The molecule has 0 amide bonds. The van der Waals surface area contributed by atoms with Gasteiger partial charge in [0, 0.05) is 0 Å². The number of hydrogen-bond donors (Lipinski definition) is 0. The van der Waals surface area contributed by atoms with Crippen molar-refractivity contribution in [3.63, 3.8) is 0 Å². The fraction of sp³-hybridized carbons (Fsp3) is 0.533. The van der Waals surface area contributed by atoms with E-state index in [0.717, 1.165) is 35.5 Å². The van der Waals surface area contributed by atoms with Gasteiger partial charge in [-0.15, -0.1) is 0 Å². The van der Waals surface area contributed by atoms with Crippen LogP contribution in [0.4, 0.5) is 0 Å². The first-order chi connectivity index (χ1) is 8.65. The molecule has 0 N–H and O–H groups in total. The molecule has 0 saturated carbocycles. The smallest absolute Gasteiger partial charge is 0.179 e. The number of ether oxygens (including phenoxy) is 1. The fourth-order valence-electron chi connectivity index (χ4n) is 2.37. The van der Waals surface area contributed by atoms with E-state index in [1.54, 1.807) is 18.9 Å². The summed E-state index contributed by atoms with van der Waals surface area (Å²) >= 11 is 1.79. The largest absolute Gasteiger partial charge is 0.496 e. The second-order valence-corrected chi connectivity index (χ2v) is 6.12. The zero-order chi connectivity index (χ0) is 13.1. The third kappa shape index (κ3) is 2.56. The molecule has 3 heteroatoms. The summed E-state index contributed by atoms with van der Waals surface area (Å²) in [6.45, 7) is 4.06. The Morgan fingerprint density at radius 2 is 2.11 bits per heavy atom. The van der Waals surface area contributed by atoms with Gasteiger partial charge in [0.1, 0.15) is 5.75 Å². The molecule has 1 atom stereocenters. The zero-order valence-corrected chi connectivity index (χ0v) is 12.1. The van der Waals surface area contributed by atoms with Gasteiger partial charge >= 0.3 is 0 Å². The van der Waals surface area contributed by atoms with E-state index in [0.29, 0.717) is 0 Å². The van der Waals surface area contributed by atoms with Crippen molar-refractivity contribution in [1.82, 2.24) is 0 Å². The molecule has 18 heavy (non-hydrogen) atoms. The molecule has 0 radical (unpaired) electrons. The Morgan fingerprint density at radius 3 is 2.72 bits per heavy atom. The third-order valence-electron chi connectivity index (χ3n) is 3.62. The number of aryl methyl sites for hydroxylation is 1. The molecule has 0 aliphatic carbocycles. The molecule has 1 aromatic rings. The number of Topliss-reactive ketones (excluding diaryl/α,β-unsaturated/α-hetero) is 1. The predicted octanol–water partition coefficient (Wildman–Crippen LogP) is 3.78. The lowest BCUT2D eigenvalue weighted by Gasteiger charge is -2.21. The van der Waals surface area contributed by atoms with Gasteiger partial charge in [-0.05, 0) is 49.6 Å². The quantitative estimate of drug-likeness (QED) is 0.777. The summed E-state index contributed by atoms with van der Waals surface area (Å²) in [5, 5.41) is 0.120. The van der Waals surface area contributed by atoms with Gasteiger partial charge in [0.2, 0.25) is 0 Å². The summed E-state index contributed by atoms with van der Waals surface area (Å²) in [5.74, 6) is 2.09. The van der Waals surface area contributed by atoms with Crippen LogP contribution in [-0.2, 0) is 0 Å². The summed E-state index contributed by atoms with van der Waals surface area (Å²) in [7, 11) is 1.65. The van der Waals surface area contributed by atoms with Crippen LogP contribution in [0.25, 0.3) is 0 Å². The van der Waals surface area contributed by atoms with Crippen molar-refractivity contribution < 1.29 is 9.53 Å². The van der Waals surface area contributed by atoms with Crippen molar-refractivity contribution in [3.05, 3.63) is 28.8 Å². The summed E-state index contributed by atoms with van der Waals surface area (Å²) in [6.07, 6.45) is 3.40. The van der Waals surface area contributed by atoms with Crippen molar-refractivity contribution >= 4 is 17.5 Å². The normalized spacial score (nSPS) is 19.6. The van der Waals surface area contributed by atoms with Gasteiger partial charge in [0.15, 0.2) is 5.78 Å². The highest BCUT2D eigenvalue weighted by molar-refractivity contribution is 8.00. The average Bonchev–Trinajstić information content (AvgIpc) is 2.42. The molecule has 98 valence electrons. The van der Waals surface area contributed by atoms with Crippen molar-refractivity contribution in [2.45, 2.75) is 38.4 Å². The van der Waals surface area contributed by atoms with Gasteiger partial charge in [0.25, 0.3) is 0 Å². The minimum Gasteiger partial charge on any atom is -0.496 e. The van der Waals surface area contributed by atoms with Gasteiger partial charge < -0.3 is 4.74 Å². The van der Waals surface area contributed by atoms with Crippen LogP contribution in [0, 0.1) is 13.8 Å². The fourth-order valence-corrected chi connectivity index (χ4v) is 3.64. The standard InChI is InChI=1S/C15H20O2S/c1-10-7-8-12(15(17-3)11(10)2)14(16)13-6-4-5-9-18-13/h7-8,13H,4-6,9H2,1-3H3. The van der Waals surface area contributed by atoms with Crippen LogP contribution in [0.2, 0.25) is 0 Å². The Morgan fingerprint density at radius 1 is 1.33 bits per heavy atom. The average molecular weight is 264 g/mol. The summed E-state index contributed by atoms with van der Waals surface area (Å²) in [5.41, 5.74) is 2.99. The Bertz CT molecular complexity index is 448. The predicted molar refractivity (Wildman–Crippen MR) is 76.9 cm³/mol. The Balaban J connectivity index is 2.32. The molecule has 2 nitrogen and oxygen atoms in total. The minimum absolute atomic E-state index is 0.120. The van der Waals surface area contributed by atoms with Gasteiger partial charge in [0.05, 0.1) is 17.9 Å². The lowest BCUT2D eigenvalue weighted by molar-refractivity contribution is 0.0981. The van der Waals surface area contributed by atoms with Crippen LogP contribution in [0.1, 0.15) is 40.7 Å². The first kappa shape index (κ1) is 13.5. The number of ketones is 1. The van der Waals surface area contributed by atoms with Gasteiger partial charge in [-0.25, -0.2) is 0 Å². The molecule has 0 bridgehead atoms. The molecular formula is C15H20O2S. The molecule has 0 spiro atoms. The number of rotatable bonds is 3. The van der Waals surface area contributed by atoms with Crippen LogP contribution in [0.5, 0.6) is 5.75 Å². The number of thioether (sulfide) groups is 1. The lowest BCUT2D eigenvalue weighted by Crippen LogP contribution is -2.21. The van der Waals surface area contributed by atoms with Crippen molar-refractivity contribution in [1.29, 1.82) is 0 Å². The summed E-state index contributed by atoms with van der Waals surface area (Å²) < 4.78 is 5.44. The van der Waals surface area contributed by atoms with E-state index in [4.69, 9.17) is 4.74 Å². The number of benzene rings is 1. The number of carbonyl (C=O) groups is 1. The highest BCUT2D eigenvalue weighted by atomic mass is 32.2. The maximum Gasteiger partial charge on any atom is 0.179 e. The Hall–Kier alpha value is -0.960. The van der Waals surface area contributed by atoms with Crippen molar-refractivity contribution in [2.24, 2.45) is 0 Å². The number of hydrogen-bond acceptors (Lipinski definition) is 3. The van der Waals surface area contributed by atoms with E-state index < -0.39 is 0 Å². The topological polar surface area (TPSA) is 26.3 Å². The van der Waals surface area contributed by atoms with E-state index in [1.165, 1.54) is 12.0 Å². The monoisotopic (exact) mass is 264 g/mol. The molecule has 1 heterocycles. The molecule has 1 aliphatic heterocycles. The molecule has 1 aliphatic rings. The highest BCUT2D eigenvalue weighted by Crippen LogP contribution is 2.33. The second-order valence-electron chi connectivity index (χ2n) is 4.81. The molecule has 1 unspecified atom stereocenters. The van der Waals surface area contributed by atoms with Gasteiger partial charge in [-0.1, -0.05) is 12.5 Å². The van der Waals surface area contributed by atoms with E-state index in [1.807, 2.05) is 26.0 Å². The third-order valence-corrected chi connectivity index (χ3v) is 4.99. The lowest BCUT2D eigenvalue weighted by atomic mass is 9.98. The minimum atomic E-state index is 0.120. The molecule has 1 saturated heterocycles. The second kappa shape index (κ2) is 5.79. The van der Waals surface area contributed by atoms with Gasteiger partial charge in [-0.2, -0.15) is 11.8 Å². The van der Waals surface area contributed by atoms with Crippen LogP contribution < -0.4 is 4.74 Å². The first-order valence-corrected chi connectivity index (χ1v) is 7.50. The Labute approximate surface area is 113 Å². The first-order valence-electron chi connectivity index (χ1n) is 6.45. The molecule has 1 aromatic carbocycles. The van der Waals surface area contributed by atoms with E-state index >= 15 is 0 Å². The number of methoxy groups -OCH3 is 1. The molecular weight excluding hydrogens is 244 g/mol. The van der Waals surface area contributed by atoms with Gasteiger partial charge in [-0.3, -0.25) is 4.79 Å². The maximum atomic E-state index is 12.5. The van der Waals surface area contributed by atoms with E-state index in [9.17, 15) is 4.79 Å². The van der Waals surface area contributed by atoms with E-state index in [2.05, 4.69) is 0 Å². The highest BCUT2D eigenvalue weighted by Gasteiger charge is 2.26.